The lowest BCUT2D eigenvalue weighted by Gasteiger charge is -2.17. The van der Waals surface area contributed by atoms with Gasteiger partial charge in [-0.1, -0.05) is 0 Å². The topological polar surface area (TPSA) is 128 Å². The third kappa shape index (κ3) is 6.00. The number of aliphatic hydroxyl groups is 1. The van der Waals surface area contributed by atoms with Gasteiger partial charge in [0.25, 0.3) is 0 Å². The number of carbonyl (C=O) groups excluding carboxylic acids is 2. The van der Waals surface area contributed by atoms with Crippen molar-refractivity contribution in [2.24, 2.45) is 11.5 Å². The van der Waals surface area contributed by atoms with Crippen molar-refractivity contribution in [3.8, 4) is 0 Å². The summed E-state index contributed by atoms with van der Waals surface area (Å²) in [4.78, 5) is 21.8. The summed E-state index contributed by atoms with van der Waals surface area (Å²) in [5.74, 6) is -1.19. The minimum Gasteiger partial charge on any atom is -0.394 e. The van der Waals surface area contributed by atoms with E-state index in [1.807, 2.05) is 0 Å². The molecule has 6 N–H and O–H groups in total. The number of nitrogens with two attached hydrogens (primary N) is 2. The molecular formula is C8H17N3O4. The molecule has 15 heavy (non-hydrogen) atoms. The molecule has 0 aliphatic rings. The predicted molar refractivity (Wildman–Crippen MR) is 52.7 cm³/mol. The van der Waals surface area contributed by atoms with E-state index >= 15 is 0 Å². The van der Waals surface area contributed by atoms with E-state index in [2.05, 4.69) is 5.32 Å². The SMILES string of the molecule is COCC(CO)NC(=O)C(N)CC(N)=O. The molecule has 0 spiro atoms. The Hall–Kier alpha value is -1.18. The molecule has 0 saturated heterocycles. The Morgan fingerprint density at radius 1 is 1.53 bits per heavy atom. The van der Waals surface area contributed by atoms with Crippen LogP contribution in [0.5, 0.6) is 0 Å². The summed E-state index contributed by atoms with van der Waals surface area (Å²) in [6.45, 7) is -0.0889. The monoisotopic (exact) mass is 219 g/mol. The molecule has 0 aliphatic heterocycles. The van der Waals surface area contributed by atoms with Crippen LogP contribution >= 0.6 is 0 Å². The molecule has 0 radical (unpaired) electrons. The number of amides is 2. The Balaban J connectivity index is 4.03. The molecule has 88 valence electrons. The molecule has 0 fully saturated rings. The van der Waals surface area contributed by atoms with Gasteiger partial charge in [0.05, 0.1) is 31.7 Å². The van der Waals surface area contributed by atoms with Crippen LogP contribution < -0.4 is 16.8 Å². The maximum atomic E-state index is 11.3. The number of methoxy groups -OCH3 is 1. The maximum Gasteiger partial charge on any atom is 0.237 e. The highest BCUT2D eigenvalue weighted by Crippen LogP contribution is 1.90. The summed E-state index contributed by atoms with van der Waals surface area (Å²) >= 11 is 0. The van der Waals surface area contributed by atoms with Gasteiger partial charge >= 0.3 is 0 Å². The largest absolute Gasteiger partial charge is 0.394 e. The van der Waals surface area contributed by atoms with Crippen molar-refractivity contribution in [3.63, 3.8) is 0 Å². The van der Waals surface area contributed by atoms with E-state index in [1.165, 1.54) is 7.11 Å². The Morgan fingerprint density at radius 2 is 2.13 bits per heavy atom. The second kappa shape index (κ2) is 7.16. The number of nitrogens with one attached hydrogen (secondary N) is 1. The van der Waals surface area contributed by atoms with Crippen LogP contribution in [0.2, 0.25) is 0 Å². The number of hydrogen-bond acceptors (Lipinski definition) is 5. The molecule has 0 aromatic carbocycles. The Bertz CT molecular complexity index is 222. The number of ether oxygens (including phenoxy) is 1. The van der Waals surface area contributed by atoms with Crippen molar-refractivity contribution in [2.45, 2.75) is 18.5 Å². The lowest BCUT2D eigenvalue weighted by molar-refractivity contribution is -0.127. The van der Waals surface area contributed by atoms with Crippen molar-refractivity contribution < 1.29 is 19.4 Å². The average molecular weight is 219 g/mol. The molecule has 0 bridgehead atoms. The predicted octanol–water partition coefficient (Wildman–Crippen LogP) is -2.69. The lowest BCUT2D eigenvalue weighted by Crippen LogP contribution is -2.49. The van der Waals surface area contributed by atoms with Gasteiger partial charge in [-0.25, -0.2) is 0 Å². The zero-order valence-corrected chi connectivity index (χ0v) is 8.60. The first-order valence-electron chi connectivity index (χ1n) is 4.45. The van der Waals surface area contributed by atoms with Crippen LogP contribution in [0.3, 0.4) is 0 Å². The minimum atomic E-state index is -0.992. The highest BCUT2D eigenvalue weighted by atomic mass is 16.5. The molecule has 2 atom stereocenters. The van der Waals surface area contributed by atoms with Gasteiger partial charge in [0.2, 0.25) is 11.8 Å². The van der Waals surface area contributed by atoms with Gasteiger partial charge in [-0.15, -0.1) is 0 Å². The van der Waals surface area contributed by atoms with Crippen molar-refractivity contribution in [1.29, 1.82) is 0 Å². The van der Waals surface area contributed by atoms with E-state index in [9.17, 15) is 9.59 Å². The van der Waals surface area contributed by atoms with Crippen LogP contribution in [-0.4, -0.2) is 49.3 Å². The summed E-state index contributed by atoms with van der Waals surface area (Å²) < 4.78 is 4.75. The number of aliphatic hydroxyl groups excluding tert-OH is 1. The maximum absolute atomic E-state index is 11.3. The first kappa shape index (κ1) is 13.8. The van der Waals surface area contributed by atoms with Gasteiger partial charge < -0.3 is 26.6 Å². The molecule has 2 amide bonds. The Kier molecular flexibility index (Phi) is 6.59. The highest BCUT2D eigenvalue weighted by Gasteiger charge is 2.19. The smallest absolute Gasteiger partial charge is 0.237 e. The van der Waals surface area contributed by atoms with Crippen molar-refractivity contribution in [3.05, 3.63) is 0 Å². The molecule has 2 unspecified atom stereocenters. The van der Waals surface area contributed by atoms with Gasteiger partial charge in [-0.05, 0) is 0 Å². The zero-order chi connectivity index (χ0) is 11.8. The van der Waals surface area contributed by atoms with Crippen LogP contribution in [0.1, 0.15) is 6.42 Å². The first-order chi connectivity index (χ1) is 7.01. The average Bonchev–Trinajstić information content (AvgIpc) is 2.15. The Labute approximate surface area is 87.8 Å². The molecule has 0 rings (SSSR count). The molecule has 0 saturated carbocycles. The summed E-state index contributed by atoms with van der Waals surface area (Å²) in [6.07, 6.45) is -0.225. The van der Waals surface area contributed by atoms with Crippen LogP contribution in [0.25, 0.3) is 0 Å². The molecule has 7 nitrogen and oxygen atoms in total. The number of rotatable bonds is 7. The summed E-state index contributed by atoms with van der Waals surface area (Å²) in [5.41, 5.74) is 10.3. The second-order valence-corrected chi connectivity index (χ2v) is 3.12. The fourth-order valence-corrected chi connectivity index (χ4v) is 0.959. The normalized spacial score (nSPS) is 14.3. The molecule has 7 heteroatoms. The molecule has 0 aliphatic carbocycles. The second-order valence-electron chi connectivity index (χ2n) is 3.12. The van der Waals surface area contributed by atoms with Crippen LogP contribution in [0.15, 0.2) is 0 Å². The van der Waals surface area contributed by atoms with E-state index < -0.39 is 23.9 Å². The molecular weight excluding hydrogens is 202 g/mol. The number of hydrogen-bond donors (Lipinski definition) is 4. The van der Waals surface area contributed by atoms with Crippen LogP contribution in [0, 0.1) is 0 Å². The van der Waals surface area contributed by atoms with Gasteiger partial charge in [-0.3, -0.25) is 9.59 Å². The summed E-state index contributed by atoms with van der Waals surface area (Å²) in [7, 11) is 1.44. The van der Waals surface area contributed by atoms with E-state index in [0.29, 0.717) is 0 Å². The quantitative estimate of drug-likeness (QED) is 0.371. The van der Waals surface area contributed by atoms with Gasteiger partial charge in [0.1, 0.15) is 0 Å². The van der Waals surface area contributed by atoms with E-state index in [4.69, 9.17) is 21.3 Å². The van der Waals surface area contributed by atoms with Crippen LogP contribution in [-0.2, 0) is 14.3 Å². The highest BCUT2D eigenvalue weighted by molar-refractivity contribution is 5.87. The van der Waals surface area contributed by atoms with Crippen molar-refractivity contribution in [2.75, 3.05) is 20.3 Å². The van der Waals surface area contributed by atoms with Crippen molar-refractivity contribution in [1.82, 2.24) is 5.32 Å². The van der Waals surface area contributed by atoms with Gasteiger partial charge in [0.15, 0.2) is 0 Å². The third-order valence-electron chi connectivity index (χ3n) is 1.69. The van der Waals surface area contributed by atoms with Gasteiger partial charge in [-0.2, -0.15) is 0 Å². The Morgan fingerprint density at radius 3 is 2.53 bits per heavy atom. The van der Waals surface area contributed by atoms with E-state index in [0.717, 1.165) is 0 Å². The zero-order valence-electron chi connectivity index (χ0n) is 8.60. The summed E-state index contributed by atoms with van der Waals surface area (Å²) in [6, 6.07) is -1.52. The van der Waals surface area contributed by atoms with E-state index in [1.54, 1.807) is 0 Å². The van der Waals surface area contributed by atoms with Crippen molar-refractivity contribution >= 4 is 11.8 Å². The standard InChI is InChI=1S/C8H17N3O4/c1-15-4-5(3-12)11-8(14)6(9)2-7(10)13/h5-6,12H,2-4,9H2,1H3,(H2,10,13)(H,11,14). The van der Waals surface area contributed by atoms with Gasteiger partial charge in [0, 0.05) is 7.11 Å². The van der Waals surface area contributed by atoms with E-state index in [-0.39, 0.29) is 19.6 Å². The first-order valence-corrected chi connectivity index (χ1v) is 4.45. The fourth-order valence-electron chi connectivity index (χ4n) is 0.959. The molecule has 0 heterocycles. The third-order valence-corrected chi connectivity index (χ3v) is 1.69. The molecule has 0 aromatic heterocycles. The lowest BCUT2D eigenvalue weighted by atomic mass is 10.2. The number of primary amides is 1. The molecule has 0 aromatic rings. The minimum absolute atomic E-state index is 0.172. The number of carbonyl (C=O) groups is 2. The van der Waals surface area contributed by atoms with Crippen LogP contribution in [0.4, 0.5) is 0 Å². The summed E-state index contributed by atoms with van der Waals surface area (Å²) in [5, 5.41) is 11.3. The fraction of sp³-hybridized carbons (Fsp3) is 0.750.